The van der Waals surface area contributed by atoms with Crippen LogP contribution in [0.25, 0.3) is 0 Å². The van der Waals surface area contributed by atoms with Crippen molar-refractivity contribution in [2.24, 2.45) is 0 Å². The molecule has 2 unspecified atom stereocenters. The highest BCUT2D eigenvalue weighted by Crippen LogP contribution is 2.08. The van der Waals surface area contributed by atoms with Gasteiger partial charge in [-0.05, 0) is 19.8 Å². The van der Waals surface area contributed by atoms with Crippen molar-refractivity contribution in [3.8, 4) is 6.07 Å². The molecular weight excluding hydrogens is 196 g/mol. The minimum Gasteiger partial charge on any atom is -0.310 e. The second-order valence-corrected chi connectivity index (χ2v) is 4.74. The Labute approximate surface area is 101 Å². The van der Waals surface area contributed by atoms with E-state index in [2.05, 4.69) is 32.2 Å². The van der Waals surface area contributed by atoms with Gasteiger partial charge in [-0.25, -0.2) is 0 Å². The predicted octanol–water partition coefficient (Wildman–Crippen LogP) is 4.02. The molecule has 0 spiro atoms. The first-order chi connectivity index (χ1) is 7.74. The molecule has 0 aliphatic carbocycles. The number of unbranched alkanes of at least 4 members (excludes halogenated alkanes) is 4. The first-order valence-corrected chi connectivity index (χ1v) is 6.87. The summed E-state index contributed by atoms with van der Waals surface area (Å²) in [6.07, 6.45) is 9.66. The molecule has 16 heavy (non-hydrogen) atoms. The van der Waals surface area contributed by atoms with Gasteiger partial charge in [0.25, 0.3) is 0 Å². The van der Waals surface area contributed by atoms with E-state index in [4.69, 9.17) is 5.26 Å². The lowest BCUT2D eigenvalue weighted by molar-refractivity contribution is 0.408. The fraction of sp³-hybridized carbons (Fsp3) is 0.929. The molecule has 94 valence electrons. The number of hydrogen-bond donors (Lipinski definition) is 1. The smallest absolute Gasteiger partial charge is 0.0638 e. The van der Waals surface area contributed by atoms with Crippen LogP contribution < -0.4 is 5.32 Å². The Balaban J connectivity index is 3.49. The van der Waals surface area contributed by atoms with E-state index >= 15 is 0 Å². The van der Waals surface area contributed by atoms with Crippen LogP contribution in [0.1, 0.15) is 72.1 Å². The van der Waals surface area contributed by atoms with Crippen LogP contribution in [0.3, 0.4) is 0 Å². The molecule has 0 amide bonds. The summed E-state index contributed by atoms with van der Waals surface area (Å²) in [5.41, 5.74) is 0. The fourth-order valence-corrected chi connectivity index (χ4v) is 1.97. The molecule has 0 heterocycles. The monoisotopic (exact) mass is 224 g/mol. The first-order valence-electron chi connectivity index (χ1n) is 6.87. The maximum Gasteiger partial charge on any atom is 0.0638 e. The standard InChI is InChI=1S/C14H28N2/c1-4-6-7-8-9-10-13(3)16-14(5-2)11-12-15/h13-14,16H,4-11H2,1-3H3. The average molecular weight is 224 g/mol. The normalized spacial score (nSPS) is 14.4. The van der Waals surface area contributed by atoms with Gasteiger partial charge in [-0.15, -0.1) is 0 Å². The van der Waals surface area contributed by atoms with Crippen LogP contribution in [0.4, 0.5) is 0 Å². The SMILES string of the molecule is CCCCCCCC(C)NC(CC)CC#N. The van der Waals surface area contributed by atoms with Gasteiger partial charge >= 0.3 is 0 Å². The third kappa shape index (κ3) is 8.73. The molecule has 0 aliphatic heterocycles. The summed E-state index contributed by atoms with van der Waals surface area (Å²) < 4.78 is 0. The number of nitrogens with zero attached hydrogens (tertiary/aromatic N) is 1. The zero-order chi connectivity index (χ0) is 12.2. The summed E-state index contributed by atoms with van der Waals surface area (Å²) in [7, 11) is 0. The van der Waals surface area contributed by atoms with Crippen molar-refractivity contribution in [2.45, 2.75) is 84.2 Å². The van der Waals surface area contributed by atoms with Gasteiger partial charge in [-0.2, -0.15) is 5.26 Å². The van der Waals surface area contributed by atoms with Crippen molar-refractivity contribution in [1.82, 2.24) is 5.32 Å². The minimum atomic E-state index is 0.385. The van der Waals surface area contributed by atoms with Crippen LogP contribution in [0.2, 0.25) is 0 Å². The Hall–Kier alpha value is -0.550. The quantitative estimate of drug-likeness (QED) is 0.569. The second kappa shape index (κ2) is 11.0. The van der Waals surface area contributed by atoms with E-state index in [-0.39, 0.29) is 0 Å². The number of nitriles is 1. The Morgan fingerprint density at radius 1 is 1.12 bits per heavy atom. The Kier molecular flexibility index (Phi) is 10.6. The van der Waals surface area contributed by atoms with Gasteiger partial charge in [0.2, 0.25) is 0 Å². The van der Waals surface area contributed by atoms with E-state index in [0.29, 0.717) is 18.5 Å². The van der Waals surface area contributed by atoms with Crippen molar-refractivity contribution in [1.29, 1.82) is 5.26 Å². The third-order valence-corrected chi connectivity index (χ3v) is 3.09. The van der Waals surface area contributed by atoms with Crippen LogP contribution in [0.15, 0.2) is 0 Å². The topological polar surface area (TPSA) is 35.8 Å². The van der Waals surface area contributed by atoms with Gasteiger partial charge in [0.05, 0.1) is 12.5 Å². The molecule has 0 bridgehead atoms. The highest BCUT2D eigenvalue weighted by molar-refractivity contribution is 4.81. The predicted molar refractivity (Wildman–Crippen MR) is 70.3 cm³/mol. The Bertz CT molecular complexity index is 184. The molecule has 0 aromatic heterocycles. The number of nitrogens with one attached hydrogen (secondary N) is 1. The summed E-state index contributed by atoms with van der Waals surface area (Å²) >= 11 is 0. The maximum atomic E-state index is 8.66. The Morgan fingerprint density at radius 2 is 1.81 bits per heavy atom. The van der Waals surface area contributed by atoms with E-state index in [1.165, 1.54) is 38.5 Å². The van der Waals surface area contributed by atoms with Crippen molar-refractivity contribution in [3.63, 3.8) is 0 Å². The number of rotatable bonds is 10. The summed E-state index contributed by atoms with van der Waals surface area (Å²) in [5, 5.41) is 12.2. The van der Waals surface area contributed by atoms with Crippen molar-refractivity contribution < 1.29 is 0 Å². The molecule has 0 saturated heterocycles. The van der Waals surface area contributed by atoms with Crippen LogP contribution >= 0.6 is 0 Å². The van der Waals surface area contributed by atoms with Gasteiger partial charge in [-0.1, -0.05) is 46.0 Å². The highest BCUT2D eigenvalue weighted by atomic mass is 14.9. The molecule has 2 heteroatoms. The lowest BCUT2D eigenvalue weighted by Gasteiger charge is -2.20. The maximum absolute atomic E-state index is 8.66. The van der Waals surface area contributed by atoms with E-state index < -0.39 is 0 Å². The highest BCUT2D eigenvalue weighted by Gasteiger charge is 2.09. The summed E-state index contributed by atoms with van der Waals surface area (Å²) in [6.45, 7) is 6.63. The molecule has 0 radical (unpaired) electrons. The number of hydrogen-bond acceptors (Lipinski definition) is 2. The molecule has 0 aliphatic rings. The molecule has 0 aromatic rings. The fourth-order valence-electron chi connectivity index (χ4n) is 1.97. The van der Waals surface area contributed by atoms with Crippen LogP contribution in [0, 0.1) is 11.3 Å². The van der Waals surface area contributed by atoms with E-state index in [1.54, 1.807) is 0 Å². The largest absolute Gasteiger partial charge is 0.310 e. The first kappa shape index (κ1) is 15.4. The van der Waals surface area contributed by atoms with Gasteiger partial charge in [0, 0.05) is 12.1 Å². The minimum absolute atomic E-state index is 0.385. The molecule has 0 fully saturated rings. The van der Waals surface area contributed by atoms with Crippen LogP contribution in [-0.2, 0) is 0 Å². The summed E-state index contributed by atoms with van der Waals surface area (Å²) in [4.78, 5) is 0. The van der Waals surface area contributed by atoms with Gasteiger partial charge in [0.15, 0.2) is 0 Å². The molecule has 1 N–H and O–H groups in total. The van der Waals surface area contributed by atoms with E-state index in [1.807, 2.05) is 0 Å². The molecular formula is C14H28N2. The molecule has 0 aromatic carbocycles. The molecule has 2 nitrogen and oxygen atoms in total. The lowest BCUT2D eigenvalue weighted by atomic mass is 10.1. The molecule has 0 rings (SSSR count). The van der Waals surface area contributed by atoms with Crippen molar-refractivity contribution in [3.05, 3.63) is 0 Å². The average Bonchev–Trinajstić information content (AvgIpc) is 2.28. The van der Waals surface area contributed by atoms with Crippen LogP contribution in [0.5, 0.6) is 0 Å². The summed E-state index contributed by atoms with van der Waals surface area (Å²) in [6, 6.07) is 3.19. The van der Waals surface area contributed by atoms with Gasteiger partial charge < -0.3 is 5.32 Å². The summed E-state index contributed by atoms with van der Waals surface area (Å²) in [5.74, 6) is 0. The zero-order valence-electron chi connectivity index (χ0n) is 11.3. The van der Waals surface area contributed by atoms with Crippen LogP contribution in [-0.4, -0.2) is 12.1 Å². The lowest BCUT2D eigenvalue weighted by Crippen LogP contribution is -2.35. The van der Waals surface area contributed by atoms with E-state index in [9.17, 15) is 0 Å². The third-order valence-electron chi connectivity index (χ3n) is 3.09. The second-order valence-electron chi connectivity index (χ2n) is 4.74. The molecule has 2 atom stereocenters. The van der Waals surface area contributed by atoms with Crippen molar-refractivity contribution in [2.75, 3.05) is 0 Å². The van der Waals surface area contributed by atoms with Gasteiger partial charge in [-0.3, -0.25) is 0 Å². The zero-order valence-corrected chi connectivity index (χ0v) is 11.3. The van der Waals surface area contributed by atoms with E-state index in [0.717, 1.165) is 6.42 Å². The van der Waals surface area contributed by atoms with Crippen molar-refractivity contribution >= 4 is 0 Å². The Morgan fingerprint density at radius 3 is 2.38 bits per heavy atom. The van der Waals surface area contributed by atoms with Gasteiger partial charge in [0.1, 0.15) is 0 Å². The molecule has 0 saturated carbocycles.